The molecule has 2 aliphatic rings. The first-order chi connectivity index (χ1) is 8.81. The zero-order chi connectivity index (χ0) is 12.4. The Balaban J connectivity index is 1.52. The Kier molecular flexibility index (Phi) is 3.61. The van der Waals surface area contributed by atoms with E-state index >= 15 is 0 Å². The molecule has 1 aromatic heterocycles. The van der Waals surface area contributed by atoms with Crippen LogP contribution in [-0.4, -0.2) is 58.7 Å². The second-order valence-electron chi connectivity index (χ2n) is 5.47. The summed E-state index contributed by atoms with van der Waals surface area (Å²) in [5.41, 5.74) is 0. The summed E-state index contributed by atoms with van der Waals surface area (Å²) in [4.78, 5) is 9.51. The Labute approximate surface area is 108 Å². The fraction of sp³-hybridized carbons (Fsp3) is 0.846. The standard InChI is InChI=1S/C13H22N4O/c1-11-14-13(15-18-11)5-9-16-6-3-8-17-7-2-4-12(17)10-16/h12H,2-10H2,1H3. The zero-order valence-corrected chi connectivity index (χ0v) is 11.1. The van der Waals surface area contributed by atoms with E-state index in [2.05, 4.69) is 19.9 Å². The van der Waals surface area contributed by atoms with Gasteiger partial charge in [0, 0.05) is 32.5 Å². The molecule has 0 spiro atoms. The van der Waals surface area contributed by atoms with E-state index in [1.54, 1.807) is 0 Å². The lowest BCUT2D eigenvalue weighted by Crippen LogP contribution is -2.37. The van der Waals surface area contributed by atoms with E-state index in [0.29, 0.717) is 5.89 Å². The predicted octanol–water partition coefficient (Wildman–Crippen LogP) is 1.09. The molecule has 0 bridgehead atoms. The van der Waals surface area contributed by atoms with Crippen molar-refractivity contribution in [1.29, 1.82) is 0 Å². The summed E-state index contributed by atoms with van der Waals surface area (Å²) >= 11 is 0. The largest absolute Gasteiger partial charge is 0.340 e. The van der Waals surface area contributed by atoms with Gasteiger partial charge in [-0.1, -0.05) is 5.16 Å². The van der Waals surface area contributed by atoms with Crippen LogP contribution in [0.5, 0.6) is 0 Å². The lowest BCUT2D eigenvalue weighted by molar-refractivity contribution is 0.220. The van der Waals surface area contributed by atoms with E-state index in [1.165, 1.54) is 45.4 Å². The van der Waals surface area contributed by atoms with Crippen molar-refractivity contribution in [3.05, 3.63) is 11.7 Å². The third-order valence-corrected chi connectivity index (χ3v) is 4.11. The van der Waals surface area contributed by atoms with Gasteiger partial charge in [-0.05, 0) is 38.9 Å². The molecule has 0 radical (unpaired) electrons. The second-order valence-corrected chi connectivity index (χ2v) is 5.47. The molecule has 1 unspecified atom stereocenters. The van der Waals surface area contributed by atoms with Crippen LogP contribution in [0.2, 0.25) is 0 Å². The number of nitrogens with zero attached hydrogens (tertiary/aromatic N) is 4. The molecule has 0 amide bonds. The van der Waals surface area contributed by atoms with Gasteiger partial charge in [0.1, 0.15) is 0 Å². The van der Waals surface area contributed by atoms with Gasteiger partial charge in [0.05, 0.1) is 0 Å². The maximum absolute atomic E-state index is 5.01. The molecule has 0 saturated carbocycles. The highest BCUT2D eigenvalue weighted by molar-refractivity contribution is 4.88. The lowest BCUT2D eigenvalue weighted by atomic mass is 10.2. The first-order valence-electron chi connectivity index (χ1n) is 7.07. The SMILES string of the molecule is Cc1nc(CCN2CCCN3CCCC3C2)no1. The maximum atomic E-state index is 5.01. The molecule has 0 N–H and O–H groups in total. The minimum atomic E-state index is 0.669. The Morgan fingerprint density at radius 1 is 1.28 bits per heavy atom. The van der Waals surface area contributed by atoms with Crippen LogP contribution in [0.4, 0.5) is 0 Å². The number of aryl methyl sites for hydroxylation is 1. The van der Waals surface area contributed by atoms with Gasteiger partial charge in [0.2, 0.25) is 5.89 Å². The summed E-state index contributed by atoms with van der Waals surface area (Å²) < 4.78 is 5.01. The van der Waals surface area contributed by atoms with Gasteiger partial charge < -0.3 is 9.42 Å². The third kappa shape index (κ3) is 2.72. The molecule has 100 valence electrons. The van der Waals surface area contributed by atoms with E-state index in [-0.39, 0.29) is 0 Å². The average Bonchev–Trinajstić information content (AvgIpc) is 2.92. The fourth-order valence-electron chi connectivity index (χ4n) is 3.19. The van der Waals surface area contributed by atoms with Gasteiger partial charge >= 0.3 is 0 Å². The van der Waals surface area contributed by atoms with Crippen LogP contribution in [0, 0.1) is 6.92 Å². The van der Waals surface area contributed by atoms with Crippen molar-refractivity contribution in [2.75, 3.05) is 32.7 Å². The number of fused-ring (bicyclic) bond motifs is 1. The van der Waals surface area contributed by atoms with Crippen molar-refractivity contribution in [3.63, 3.8) is 0 Å². The highest BCUT2D eigenvalue weighted by atomic mass is 16.5. The molecule has 5 nitrogen and oxygen atoms in total. The summed E-state index contributed by atoms with van der Waals surface area (Å²) in [6, 6.07) is 0.791. The molecule has 2 fully saturated rings. The summed E-state index contributed by atoms with van der Waals surface area (Å²) in [7, 11) is 0. The van der Waals surface area contributed by atoms with Crippen molar-refractivity contribution in [1.82, 2.24) is 19.9 Å². The fourth-order valence-corrected chi connectivity index (χ4v) is 3.19. The van der Waals surface area contributed by atoms with Gasteiger partial charge in [-0.25, -0.2) is 0 Å². The normalized spacial score (nSPS) is 26.2. The smallest absolute Gasteiger partial charge is 0.223 e. The number of hydrogen-bond acceptors (Lipinski definition) is 5. The average molecular weight is 250 g/mol. The molecule has 3 heterocycles. The van der Waals surface area contributed by atoms with Crippen LogP contribution in [-0.2, 0) is 6.42 Å². The Morgan fingerprint density at radius 3 is 3.00 bits per heavy atom. The van der Waals surface area contributed by atoms with E-state index in [1.807, 2.05) is 6.92 Å². The zero-order valence-electron chi connectivity index (χ0n) is 11.1. The first kappa shape index (κ1) is 12.1. The topological polar surface area (TPSA) is 45.4 Å². The predicted molar refractivity (Wildman–Crippen MR) is 68.4 cm³/mol. The summed E-state index contributed by atoms with van der Waals surface area (Å²) in [6.07, 6.45) is 4.95. The summed E-state index contributed by atoms with van der Waals surface area (Å²) in [5.74, 6) is 1.52. The molecule has 1 aromatic rings. The van der Waals surface area contributed by atoms with Gasteiger partial charge in [0.25, 0.3) is 0 Å². The maximum Gasteiger partial charge on any atom is 0.223 e. The van der Waals surface area contributed by atoms with Crippen molar-refractivity contribution < 1.29 is 4.52 Å². The van der Waals surface area contributed by atoms with Gasteiger partial charge in [-0.3, -0.25) is 4.90 Å². The molecular formula is C13H22N4O. The molecule has 2 saturated heterocycles. The van der Waals surface area contributed by atoms with Crippen molar-refractivity contribution in [2.45, 2.75) is 38.6 Å². The van der Waals surface area contributed by atoms with Crippen LogP contribution in [0.25, 0.3) is 0 Å². The number of aromatic nitrogens is 2. The molecule has 2 aliphatic heterocycles. The number of rotatable bonds is 3. The minimum Gasteiger partial charge on any atom is -0.340 e. The molecule has 1 atom stereocenters. The van der Waals surface area contributed by atoms with Crippen LogP contribution >= 0.6 is 0 Å². The van der Waals surface area contributed by atoms with E-state index in [4.69, 9.17) is 4.52 Å². The molecular weight excluding hydrogens is 228 g/mol. The Hall–Kier alpha value is -0.940. The Bertz CT molecular complexity index is 392. The molecule has 3 rings (SSSR count). The summed E-state index contributed by atoms with van der Waals surface area (Å²) in [5, 5.41) is 3.97. The highest BCUT2D eigenvalue weighted by Gasteiger charge is 2.28. The van der Waals surface area contributed by atoms with E-state index < -0.39 is 0 Å². The first-order valence-corrected chi connectivity index (χ1v) is 7.07. The van der Waals surface area contributed by atoms with Gasteiger partial charge in [0.15, 0.2) is 5.82 Å². The molecule has 0 aliphatic carbocycles. The van der Waals surface area contributed by atoms with Crippen molar-refractivity contribution in [2.24, 2.45) is 0 Å². The van der Waals surface area contributed by atoms with Crippen LogP contribution in [0.3, 0.4) is 0 Å². The van der Waals surface area contributed by atoms with Crippen LogP contribution in [0.15, 0.2) is 4.52 Å². The second kappa shape index (κ2) is 5.36. The quantitative estimate of drug-likeness (QED) is 0.803. The van der Waals surface area contributed by atoms with Crippen molar-refractivity contribution in [3.8, 4) is 0 Å². The van der Waals surface area contributed by atoms with Crippen LogP contribution < -0.4 is 0 Å². The van der Waals surface area contributed by atoms with E-state index in [0.717, 1.165) is 24.8 Å². The third-order valence-electron chi connectivity index (χ3n) is 4.11. The number of hydrogen-bond donors (Lipinski definition) is 0. The monoisotopic (exact) mass is 250 g/mol. The minimum absolute atomic E-state index is 0.669. The highest BCUT2D eigenvalue weighted by Crippen LogP contribution is 2.21. The van der Waals surface area contributed by atoms with Crippen molar-refractivity contribution >= 4 is 0 Å². The summed E-state index contributed by atoms with van der Waals surface area (Å²) in [6.45, 7) is 7.92. The Morgan fingerprint density at radius 2 is 2.17 bits per heavy atom. The molecule has 18 heavy (non-hydrogen) atoms. The van der Waals surface area contributed by atoms with E-state index in [9.17, 15) is 0 Å². The van der Waals surface area contributed by atoms with Crippen LogP contribution in [0.1, 0.15) is 31.0 Å². The lowest BCUT2D eigenvalue weighted by Gasteiger charge is -2.25. The molecule has 0 aromatic carbocycles. The van der Waals surface area contributed by atoms with Gasteiger partial charge in [-0.2, -0.15) is 4.98 Å². The molecule has 5 heteroatoms. The van der Waals surface area contributed by atoms with Gasteiger partial charge in [-0.15, -0.1) is 0 Å².